The van der Waals surface area contributed by atoms with Gasteiger partial charge in [0.05, 0.1) is 16.4 Å². The zero-order chi connectivity index (χ0) is 27.3. The number of carbonyl (C=O) groups excluding carboxylic acids is 2. The van der Waals surface area contributed by atoms with Crippen molar-refractivity contribution >= 4 is 45.7 Å². The normalized spacial score (nSPS) is 18.1. The maximum atomic E-state index is 13.4. The molecule has 1 atom stereocenters. The number of piperidine rings is 1. The fourth-order valence-corrected chi connectivity index (χ4v) is 6.23. The number of benzene rings is 2. The lowest BCUT2D eigenvalue weighted by Gasteiger charge is -2.38. The molecule has 0 aromatic heterocycles. The van der Waals surface area contributed by atoms with E-state index < -0.39 is 9.84 Å². The number of amides is 2. The van der Waals surface area contributed by atoms with Gasteiger partial charge in [0.2, 0.25) is 11.8 Å². The Morgan fingerprint density at radius 1 is 1.05 bits per heavy atom. The van der Waals surface area contributed by atoms with Crippen LogP contribution in [-0.4, -0.2) is 76.2 Å². The van der Waals surface area contributed by atoms with Crippen LogP contribution in [0.2, 0.25) is 5.02 Å². The van der Waals surface area contributed by atoms with Gasteiger partial charge in [-0.3, -0.25) is 9.59 Å². The molecule has 1 spiro atoms. The molecule has 2 saturated heterocycles. The van der Waals surface area contributed by atoms with Crippen LogP contribution in [0.5, 0.6) is 0 Å². The molecule has 0 bridgehead atoms. The van der Waals surface area contributed by atoms with E-state index in [2.05, 4.69) is 10.2 Å². The minimum Gasteiger partial charge on any atom is -0.375 e. The fraction of sp³-hybridized carbons (Fsp3) is 0.500. The molecule has 2 amide bonds. The third-order valence-electron chi connectivity index (χ3n) is 7.76. The third kappa shape index (κ3) is 7.95. The molecule has 2 aromatic carbocycles. The summed E-state index contributed by atoms with van der Waals surface area (Å²) in [6.45, 7) is 3.71. The molecule has 11 heteroatoms. The van der Waals surface area contributed by atoms with Gasteiger partial charge in [-0.1, -0.05) is 35.9 Å². The predicted molar refractivity (Wildman–Crippen MR) is 154 cm³/mol. The maximum absolute atomic E-state index is 13.4. The van der Waals surface area contributed by atoms with E-state index in [0.29, 0.717) is 11.6 Å². The van der Waals surface area contributed by atoms with Crippen molar-refractivity contribution in [2.75, 3.05) is 46.2 Å². The van der Waals surface area contributed by atoms with E-state index in [1.807, 2.05) is 29.2 Å². The number of nitrogens with one attached hydrogen (secondary N) is 1. The maximum Gasteiger partial charge on any atom is 0.246 e. The van der Waals surface area contributed by atoms with Crippen molar-refractivity contribution in [1.29, 1.82) is 0 Å². The number of halogens is 2. The Kier molecular flexibility index (Phi) is 10.8. The molecule has 8 nitrogen and oxygen atoms in total. The number of likely N-dealkylation sites (tertiary alicyclic amines) is 2. The van der Waals surface area contributed by atoms with Crippen molar-refractivity contribution in [3.63, 3.8) is 0 Å². The number of nitrogens with zero attached hydrogens (tertiary/aromatic N) is 2. The minimum atomic E-state index is -3.24. The lowest BCUT2D eigenvalue weighted by Crippen LogP contribution is -2.45. The van der Waals surface area contributed by atoms with Crippen molar-refractivity contribution in [2.24, 2.45) is 5.41 Å². The number of methoxy groups -OCH3 is 1. The van der Waals surface area contributed by atoms with Crippen LogP contribution in [0.1, 0.15) is 42.9 Å². The summed E-state index contributed by atoms with van der Waals surface area (Å²) in [5.74, 6) is 0.0443. The first-order chi connectivity index (χ1) is 18.1. The smallest absolute Gasteiger partial charge is 0.246 e. The SMILES string of the molecule is COCC(=O)NC(CCN1CCC2(CC1)CCN(Cc1ccc(S(C)(=O)=O)cc1)C2=O)c1ccc(Cl)cc1.Cl. The molecule has 4 rings (SSSR count). The largest absolute Gasteiger partial charge is 0.375 e. The van der Waals surface area contributed by atoms with E-state index in [4.69, 9.17) is 16.3 Å². The molecule has 1 N–H and O–H groups in total. The van der Waals surface area contributed by atoms with Crippen LogP contribution in [-0.2, 0) is 30.7 Å². The number of hydrogen-bond donors (Lipinski definition) is 1. The Bertz CT molecular complexity index is 1230. The molecule has 214 valence electrons. The van der Waals surface area contributed by atoms with Crippen LogP contribution in [0.4, 0.5) is 0 Å². The fourth-order valence-electron chi connectivity index (χ4n) is 5.47. The van der Waals surface area contributed by atoms with Crippen LogP contribution in [0.15, 0.2) is 53.4 Å². The highest BCUT2D eigenvalue weighted by Crippen LogP contribution is 2.42. The molecular weight excluding hydrogens is 561 g/mol. The van der Waals surface area contributed by atoms with Crippen molar-refractivity contribution < 1.29 is 22.7 Å². The Balaban J connectivity index is 0.00000420. The number of carbonyl (C=O) groups is 2. The zero-order valence-corrected chi connectivity index (χ0v) is 24.8. The summed E-state index contributed by atoms with van der Waals surface area (Å²) in [5, 5.41) is 3.71. The summed E-state index contributed by atoms with van der Waals surface area (Å²) in [4.78, 5) is 30.2. The minimum absolute atomic E-state index is 0. The van der Waals surface area contributed by atoms with Gasteiger partial charge in [-0.05, 0) is 74.2 Å². The van der Waals surface area contributed by atoms with Crippen molar-refractivity contribution in [2.45, 2.75) is 43.2 Å². The van der Waals surface area contributed by atoms with E-state index >= 15 is 0 Å². The average molecular weight is 599 g/mol. The van der Waals surface area contributed by atoms with Gasteiger partial charge in [-0.15, -0.1) is 12.4 Å². The molecule has 0 saturated carbocycles. The van der Waals surface area contributed by atoms with Crippen molar-refractivity contribution in [3.05, 3.63) is 64.7 Å². The summed E-state index contributed by atoms with van der Waals surface area (Å²) in [6, 6.07) is 14.2. The van der Waals surface area contributed by atoms with E-state index in [-0.39, 0.29) is 47.2 Å². The first kappa shape index (κ1) is 31.4. The van der Waals surface area contributed by atoms with Gasteiger partial charge in [-0.25, -0.2) is 8.42 Å². The second-order valence-electron chi connectivity index (χ2n) is 10.4. The molecule has 39 heavy (non-hydrogen) atoms. The highest BCUT2D eigenvalue weighted by Gasteiger charge is 2.47. The van der Waals surface area contributed by atoms with E-state index in [1.54, 1.807) is 24.3 Å². The van der Waals surface area contributed by atoms with Gasteiger partial charge in [0.1, 0.15) is 6.61 Å². The van der Waals surface area contributed by atoms with Crippen molar-refractivity contribution in [1.82, 2.24) is 15.1 Å². The molecule has 2 aliphatic heterocycles. The molecule has 2 aliphatic rings. The van der Waals surface area contributed by atoms with E-state index in [9.17, 15) is 18.0 Å². The summed E-state index contributed by atoms with van der Waals surface area (Å²) in [6.07, 6.45) is 4.42. The van der Waals surface area contributed by atoms with Gasteiger partial charge >= 0.3 is 0 Å². The molecule has 2 aromatic rings. The van der Waals surface area contributed by atoms with Gasteiger partial charge in [-0.2, -0.15) is 0 Å². The van der Waals surface area contributed by atoms with E-state index in [1.165, 1.54) is 13.4 Å². The first-order valence-electron chi connectivity index (χ1n) is 12.9. The lowest BCUT2D eigenvalue weighted by atomic mass is 9.77. The number of hydrogen-bond acceptors (Lipinski definition) is 6. The molecule has 2 heterocycles. The highest BCUT2D eigenvalue weighted by atomic mass is 35.5. The topological polar surface area (TPSA) is 96.0 Å². The van der Waals surface area contributed by atoms with Crippen LogP contribution in [0.25, 0.3) is 0 Å². The summed E-state index contributed by atoms with van der Waals surface area (Å²) in [5.41, 5.74) is 1.62. The average Bonchev–Trinajstić information content (AvgIpc) is 3.18. The van der Waals surface area contributed by atoms with E-state index in [0.717, 1.165) is 63.0 Å². The first-order valence-corrected chi connectivity index (χ1v) is 15.2. The van der Waals surface area contributed by atoms with Gasteiger partial charge in [0.15, 0.2) is 9.84 Å². The molecule has 2 fully saturated rings. The quantitative estimate of drug-likeness (QED) is 0.446. The lowest BCUT2D eigenvalue weighted by molar-refractivity contribution is -0.139. The van der Waals surface area contributed by atoms with Crippen LogP contribution < -0.4 is 5.32 Å². The Morgan fingerprint density at radius 3 is 2.26 bits per heavy atom. The van der Waals surface area contributed by atoms with Crippen molar-refractivity contribution in [3.8, 4) is 0 Å². The molecule has 0 radical (unpaired) electrons. The van der Waals surface area contributed by atoms with Gasteiger partial charge in [0.25, 0.3) is 0 Å². The Labute approximate surface area is 242 Å². The standard InChI is InChI=1S/C28H36ClN3O5S.ClH/c1-37-20-26(33)30-25(22-5-7-23(29)8-6-22)11-15-31-16-12-28(13-17-31)14-18-32(27(28)34)19-21-3-9-24(10-4-21)38(2,35)36;/h3-10,25H,11-20H2,1-2H3,(H,30,33);1H. The summed E-state index contributed by atoms with van der Waals surface area (Å²) >= 11 is 6.05. The summed E-state index contributed by atoms with van der Waals surface area (Å²) in [7, 11) is -1.74. The molecule has 1 unspecified atom stereocenters. The Morgan fingerprint density at radius 2 is 1.67 bits per heavy atom. The molecule has 0 aliphatic carbocycles. The monoisotopic (exact) mass is 597 g/mol. The third-order valence-corrected chi connectivity index (χ3v) is 9.14. The van der Waals surface area contributed by atoms with Crippen LogP contribution in [0.3, 0.4) is 0 Å². The Hall–Kier alpha value is -2.17. The zero-order valence-electron chi connectivity index (χ0n) is 22.4. The highest BCUT2D eigenvalue weighted by molar-refractivity contribution is 7.90. The number of rotatable bonds is 10. The number of sulfone groups is 1. The second kappa shape index (κ2) is 13.5. The van der Waals surface area contributed by atoms with Gasteiger partial charge in [0, 0.05) is 38.0 Å². The van der Waals surface area contributed by atoms with Gasteiger partial charge < -0.3 is 19.9 Å². The van der Waals surface area contributed by atoms with Crippen LogP contribution >= 0.6 is 24.0 Å². The predicted octanol–water partition coefficient (Wildman–Crippen LogP) is 3.87. The molecular formula is C28H37Cl2N3O5S. The summed E-state index contributed by atoms with van der Waals surface area (Å²) < 4.78 is 28.4. The number of ether oxygens (including phenoxy) is 1. The van der Waals surface area contributed by atoms with Crippen LogP contribution in [0, 0.1) is 5.41 Å². The second-order valence-corrected chi connectivity index (χ2v) is 12.9.